The number of nitrogens with one attached hydrogen (secondary N) is 1. The van der Waals surface area contributed by atoms with E-state index in [0.717, 1.165) is 17.6 Å². The average molecular weight is 364 g/mol. The Labute approximate surface area is 151 Å². The third-order valence-corrected chi connectivity index (χ3v) is 4.76. The molecule has 0 spiro atoms. The summed E-state index contributed by atoms with van der Waals surface area (Å²) < 4.78 is 0. The normalized spacial score (nSPS) is 18.6. The molecule has 0 saturated carbocycles. The number of rotatable bonds is 3. The number of carbonyl (C=O) groups excluding carboxylic acids is 2. The third-order valence-electron chi connectivity index (χ3n) is 4.53. The highest BCUT2D eigenvalue weighted by atomic mass is 35.5. The van der Waals surface area contributed by atoms with Crippen molar-refractivity contribution in [1.82, 2.24) is 24.7 Å². The zero-order chi connectivity index (χ0) is 18.1. The third kappa shape index (κ3) is 3.77. The standard InChI is InChI=1S/C17H22ClN5O2/c1-11(24)23-7-6-21(2)9-15(23)17(25)22(3)10-16-19-13-5-4-12(18)8-14(13)20-16/h4-5,8,15H,6-7,9-10H2,1-3H3,(H,19,20). The number of H-pyrrole nitrogens is 1. The van der Waals surface area contributed by atoms with E-state index < -0.39 is 6.04 Å². The van der Waals surface area contributed by atoms with Crippen molar-refractivity contribution in [3.8, 4) is 0 Å². The van der Waals surface area contributed by atoms with E-state index in [9.17, 15) is 9.59 Å². The van der Waals surface area contributed by atoms with Crippen molar-refractivity contribution < 1.29 is 9.59 Å². The highest BCUT2D eigenvalue weighted by Gasteiger charge is 2.34. The maximum atomic E-state index is 12.9. The first-order valence-electron chi connectivity index (χ1n) is 8.20. The van der Waals surface area contributed by atoms with E-state index in [1.54, 1.807) is 22.9 Å². The molecule has 1 fully saturated rings. The summed E-state index contributed by atoms with van der Waals surface area (Å²) in [6.07, 6.45) is 0. The summed E-state index contributed by atoms with van der Waals surface area (Å²) in [6, 6.07) is 4.97. The predicted molar refractivity (Wildman–Crippen MR) is 96.2 cm³/mol. The number of carbonyl (C=O) groups is 2. The first-order valence-corrected chi connectivity index (χ1v) is 8.58. The minimum Gasteiger partial charge on any atom is -0.340 e. The number of hydrogen-bond donors (Lipinski definition) is 1. The lowest BCUT2D eigenvalue weighted by molar-refractivity contribution is -0.147. The Morgan fingerprint density at radius 1 is 1.40 bits per heavy atom. The van der Waals surface area contributed by atoms with E-state index in [2.05, 4.69) is 14.9 Å². The molecule has 25 heavy (non-hydrogen) atoms. The predicted octanol–water partition coefficient (Wildman–Crippen LogP) is 1.34. The maximum absolute atomic E-state index is 12.9. The van der Waals surface area contributed by atoms with Gasteiger partial charge in [-0.3, -0.25) is 9.59 Å². The summed E-state index contributed by atoms with van der Waals surface area (Å²) in [5.41, 5.74) is 1.65. The van der Waals surface area contributed by atoms with Crippen molar-refractivity contribution in [1.29, 1.82) is 0 Å². The molecule has 134 valence electrons. The Bertz CT molecular complexity index is 805. The number of aromatic nitrogens is 2. The second-order valence-electron chi connectivity index (χ2n) is 6.53. The lowest BCUT2D eigenvalue weighted by Gasteiger charge is -2.40. The van der Waals surface area contributed by atoms with E-state index in [4.69, 9.17) is 11.6 Å². The topological polar surface area (TPSA) is 72.5 Å². The van der Waals surface area contributed by atoms with E-state index >= 15 is 0 Å². The number of fused-ring (bicyclic) bond motifs is 1. The van der Waals surface area contributed by atoms with E-state index in [1.807, 2.05) is 19.2 Å². The van der Waals surface area contributed by atoms with E-state index in [0.29, 0.717) is 30.5 Å². The molecule has 2 aromatic rings. The van der Waals surface area contributed by atoms with Crippen molar-refractivity contribution in [2.45, 2.75) is 19.5 Å². The number of nitrogens with zero attached hydrogens (tertiary/aromatic N) is 4. The Hall–Kier alpha value is -2.12. The summed E-state index contributed by atoms with van der Waals surface area (Å²) in [5, 5.41) is 0.634. The number of piperazine rings is 1. The zero-order valence-corrected chi connectivity index (χ0v) is 15.4. The van der Waals surface area contributed by atoms with Gasteiger partial charge in [-0.05, 0) is 25.2 Å². The van der Waals surface area contributed by atoms with Crippen LogP contribution < -0.4 is 0 Å². The molecule has 1 aliphatic rings. The smallest absolute Gasteiger partial charge is 0.246 e. The van der Waals surface area contributed by atoms with Gasteiger partial charge in [0.2, 0.25) is 11.8 Å². The molecule has 0 bridgehead atoms. The zero-order valence-electron chi connectivity index (χ0n) is 14.6. The van der Waals surface area contributed by atoms with Crippen LogP contribution in [0, 0.1) is 0 Å². The molecule has 1 aromatic carbocycles. The summed E-state index contributed by atoms with van der Waals surface area (Å²) in [5.74, 6) is 0.533. The van der Waals surface area contributed by atoms with Crippen LogP contribution in [0.2, 0.25) is 5.02 Å². The molecule has 1 aliphatic heterocycles. The molecule has 1 saturated heterocycles. The van der Waals surface area contributed by atoms with Crippen LogP contribution in [0.5, 0.6) is 0 Å². The number of hydrogen-bond acceptors (Lipinski definition) is 4. The molecule has 0 aliphatic carbocycles. The van der Waals surface area contributed by atoms with Crippen LogP contribution in [0.3, 0.4) is 0 Å². The maximum Gasteiger partial charge on any atom is 0.246 e. The Morgan fingerprint density at radius 2 is 2.16 bits per heavy atom. The summed E-state index contributed by atoms with van der Waals surface area (Å²) in [4.78, 5) is 37.7. The van der Waals surface area contributed by atoms with Crippen molar-refractivity contribution in [3.05, 3.63) is 29.0 Å². The molecule has 1 unspecified atom stereocenters. The van der Waals surface area contributed by atoms with Gasteiger partial charge < -0.3 is 19.7 Å². The largest absolute Gasteiger partial charge is 0.340 e. The Morgan fingerprint density at radius 3 is 2.88 bits per heavy atom. The molecule has 2 amide bonds. The first kappa shape index (κ1) is 17.7. The van der Waals surface area contributed by atoms with Gasteiger partial charge in [-0.25, -0.2) is 4.98 Å². The highest BCUT2D eigenvalue weighted by Crippen LogP contribution is 2.18. The second kappa shape index (κ2) is 7.01. The SMILES string of the molecule is CC(=O)N1CCN(C)CC1C(=O)N(C)Cc1nc2ccc(Cl)cc2[nH]1. The minimum absolute atomic E-state index is 0.0711. The molecule has 3 rings (SSSR count). The monoisotopic (exact) mass is 363 g/mol. The van der Waals surface area contributed by atoms with Crippen LogP contribution in [-0.2, 0) is 16.1 Å². The van der Waals surface area contributed by atoms with Gasteiger partial charge in [-0.2, -0.15) is 0 Å². The first-order chi connectivity index (χ1) is 11.8. The number of benzene rings is 1. The Kier molecular flexibility index (Phi) is 4.96. The molecule has 8 heteroatoms. The van der Waals surface area contributed by atoms with Gasteiger partial charge in [-0.15, -0.1) is 0 Å². The van der Waals surface area contributed by atoms with Gasteiger partial charge in [0.1, 0.15) is 11.9 Å². The van der Waals surface area contributed by atoms with Crippen molar-refractivity contribution in [2.24, 2.45) is 0 Å². The fourth-order valence-corrected chi connectivity index (χ4v) is 3.35. The van der Waals surface area contributed by atoms with Crippen molar-refractivity contribution in [2.75, 3.05) is 33.7 Å². The van der Waals surface area contributed by atoms with Gasteiger partial charge in [-0.1, -0.05) is 11.6 Å². The number of amides is 2. The Balaban J connectivity index is 1.75. The molecular formula is C17H22ClN5O2. The molecule has 7 nitrogen and oxygen atoms in total. The fraction of sp³-hybridized carbons (Fsp3) is 0.471. The average Bonchev–Trinajstić information content (AvgIpc) is 2.94. The van der Waals surface area contributed by atoms with Crippen molar-refractivity contribution >= 4 is 34.4 Å². The minimum atomic E-state index is -0.458. The second-order valence-corrected chi connectivity index (χ2v) is 6.97. The van der Waals surface area contributed by atoms with E-state index in [1.165, 1.54) is 6.92 Å². The van der Waals surface area contributed by atoms with Crippen LogP contribution in [-0.4, -0.2) is 76.3 Å². The highest BCUT2D eigenvalue weighted by molar-refractivity contribution is 6.31. The summed E-state index contributed by atoms with van der Waals surface area (Å²) in [6.45, 7) is 3.74. The molecule has 1 aromatic heterocycles. The lowest BCUT2D eigenvalue weighted by Crippen LogP contribution is -2.59. The summed E-state index contributed by atoms with van der Waals surface area (Å²) in [7, 11) is 3.69. The van der Waals surface area contributed by atoms with Gasteiger partial charge >= 0.3 is 0 Å². The summed E-state index contributed by atoms with van der Waals surface area (Å²) >= 11 is 5.99. The molecule has 2 heterocycles. The van der Waals surface area contributed by atoms with Crippen LogP contribution in [0.25, 0.3) is 11.0 Å². The van der Waals surface area contributed by atoms with Gasteiger partial charge in [0.15, 0.2) is 0 Å². The molecular weight excluding hydrogens is 342 g/mol. The van der Waals surface area contributed by atoms with Crippen LogP contribution in [0.4, 0.5) is 0 Å². The quantitative estimate of drug-likeness (QED) is 0.893. The number of aromatic amines is 1. The fourth-order valence-electron chi connectivity index (χ4n) is 3.17. The van der Waals surface area contributed by atoms with Crippen LogP contribution >= 0.6 is 11.6 Å². The van der Waals surface area contributed by atoms with Gasteiger partial charge in [0.05, 0.1) is 17.6 Å². The molecule has 1 N–H and O–H groups in total. The van der Waals surface area contributed by atoms with Crippen molar-refractivity contribution in [3.63, 3.8) is 0 Å². The lowest BCUT2D eigenvalue weighted by atomic mass is 10.1. The van der Waals surface area contributed by atoms with Gasteiger partial charge in [0, 0.05) is 38.6 Å². The van der Waals surface area contributed by atoms with Crippen LogP contribution in [0.1, 0.15) is 12.7 Å². The van der Waals surface area contributed by atoms with E-state index in [-0.39, 0.29) is 11.8 Å². The molecule has 0 radical (unpaired) electrons. The van der Waals surface area contributed by atoms with Gasteiger partial charge in [0.25, 0.3) is 0 Å². The molecule has 1 atom stereocenters. The number of likely N-dealkylation sites (N-methyl/N-ethyl adjacent to an activating group) is 2. The number of halogens is 1. The number of imidazole rings is 1. The van der Waals surface area contributed by atoms with Crippen LogP contribution in [0.15, 0.2) is 18.2 Å².